The second-order valence-electron chi connectivity index (χ2n) is 2.84. The van der Waals surface area contributed by atoms with E-state index in [1.807, 2.05) is 0 Å². The zero-order valence-corrected chi connectivity index (χ0v) is 10.3. The largest absolute Gasteiger partial charge is 0.364 e. The lowest BCUT2D eigenvalue weighted by molar-refractivity contribution is -0.254. The molecule has 0 saturated heterocycles. The third-order valence-corrected chi connectivity index (χ3v) is 6.61. The maximum atomic E-state index is 2.49. The molecule has 11 heavy (non-hydrogen) atoms. The molecule has 0 aromatic heterocycles. The minimum Gasteiger partial charge on any atom is -0.364 e. The Balaban J connectivity index is 3.04. The van der Waals surface area contributed by atoms with Gasteiger partial charge in [-0.1, -0.05) is 18.2 Å². The van der Waals surface area contributed by atoms with Crippen LogP contribution in [0.4, 0.5) is 5.69 Å². The number of nitrogens with zero attached hydrogens (tertiary/aromatic N) is 1. The topological polar surface area (TPSA) is 3.01 Å². The molecule has 0 saturated carbocycles. The van der Waals surface area contributed by atoms with E-state index >= 15 is 0 Å². The van der Waals surface area contributed by atoms with Crippen molar-refractivity contribution in [3.63, 3.8) is 0 Å². The van der Waals surface area contributed by atoms with Crippen LogP contribution in [0.3, 0.4) is 0 Å². The van der Waals surface area contributed by atoms with E-state index in [-0.39, 0.29) is 8.59 Å². The van der Waals surface area contributed by atoms with Crippen molar-refractivity contribution in [1.82, 2.24) is 0 Å². The third-order valence-electron chi connectivity index (χ3n) is 1.81. The molecule has 0 bridgehead atoms. The molecule has 0 heterocycles. The summed E-state index contributed by atoms with van der Waals surface area (Å²) in [7, 11) is 0.870. The van der Waals surface area contributed by atoms with Crippen LogP contribution in [0.2, 0.25) is 13.1 Å². The summed E-state index contributed by atoms with van der Waals surface area (Å²) in [5.41, 5.74) is 1.39. The highest BCUT2D eigenvalue weighted by Crippen LogP contribution is 2.07. The maximum absolute atomic E-state index is 2.49. The van der Waals surface area contributed by atoms with Crippen LogP contribution in [0.5, 0.6) is 0 Å². The molecular formula is C8H14NSi2+. The molecule has 0 amide bonds. The van der Waals surface area contributed by atoms with Crippen LogP contribution in [-0.4, -0.2) is 22.9 Å². The van der Waals surface area contributed by atoms with Crippen molar-refractivity contribution in [2.75, 3.05) is 0 Å². The molecule has 1 rings (SSSR count). The molecule has 0 atom stereocenters. The normalized spacial score (nSPS) is 9.64. The van der Waals surface area contributed by atoms with E-state index in [9.17, 15) is 0 Å². The number of benzene rings is 1. The summed E-state index contributed by atoms with van der Waals surface area (Å²) in [6, 6.07) is 10.6. The number of rotatable bonds is 1. The van der Waals surface area contributed by atoms with Crippen LogP contribution in [0.15, 0.2) is 30.3 Å². The smallest absolute Gasteiger partial charge is 0.313 e. The molecular weight excluding hydrogens is 166 g/mol. The Morgan fingerprint density at radius 2 is 1.73 bits per heavy atom. The first-order chi connectivity index (χ1) is 5.22. The molecule has 0 aliphatic carbocycles. The van der Waals surface area contributed by atoms with Crippen LogP contribution < -0.4 is 0 Å². The summed E-state index contributed by atoms with van der Waals surface area (Å²) in [4.78, 5) is 0. The predicted octanol–water partition coefficient (Wildman–Crippen LogP) is 1.13. The van der Waals surface area contributed by atoms with E-state index in [0.717, 1.165) is 10.4 Å². The summed E-state index contributed by atoms with van der Waals surface area (Å²) in [5.74, 6) is 0. The van der Waals surface area contributed by atoms with Crippen LogP contribution in [0.25, 0.3) is 0 Å². The fraction of sp³-hybridized carbons (Fsp3) is 0.250. The van der Waals surface area contributed by atoms with E-state index in [2.05, 4.69) is 47.3 Å². The van der Waals surface area contributed by atoms with Gasteiger partial charge in [0.15, 0.2) is 5.69 Å². The molecule has 3 heteroatoms. The average molecular weight is 180 g/mol. The first-order valence-corrected chi connectivity index (χ1v) is 7.15. The van der Waals surface area contributed by atoms with Crippen LogP contribution in [0.1, 0.15) is 0 Å². The Hall–Kier alpha value is -0.546. The molecule has 0 fully saturated rings. The van der Waals surface area contributed by atoms with Crippen LogP contribution in [0, 0.1) is 0 Å². The van der Waals surface area contributed by atoms with Gasteiger partial charge in [0.1, 0.15) is 0 Å². The standard InChI is InChI=1S/C8H14NSi2/c1-11(2)9(10)8-6-4-3-5-7-8/h3-7H,1-2,10H3/q+1. The van der Waals surface area contributed by atoms with Crippen molar-refractivity contribution in [2.24, 2.45) is 0 Å². The fourth-order valence-corrected chi connectivity index (χ4v) is 1.87. The summed E-state index contributed by atoms with van der Waals surface area (Å²) < 4.78 is 2.49. The van der Waals surface area contributed by atoms with E-state index in [1.54, 1.807) is 0 Å². The Labute approximate surface area is 72.5 Å². The highest BCUT2D eigenvalue weighted by Gasteiger charge is 2.00. The molecule has 1 nitrogen and oxygen atoms in total. The van der Waals surface area contributed by atoms with Gasteiger partial charge in [0.25, 0.3) is 10.4 Å². The molecule has 0 radical (unpaired) electrons. The number of hydrogen-bond donors (Lipinski definition) is 0. The lowest BCUT2D eigenvalue weighted by atomic mass is 10.3. The third kappa shape index (κ3) is 2.20. The summed E-state index contributed by atoms with van der Waals surface area (Å²) in [6.07, 6.45) is 0. The van der Waals surface area contributed by atoms with Crippen LogP contribution >= 0.6 is 0 Å². The average Bonchev–Trinajstić information content (AvgIpc) is 2.05. The number of hydrogen-bond acceptors (Lipinski definition) is 0. The van der Waals surface area contributed by atoms with Crippen LogP contribution in [-0.2, 0) is 0 Å². The Morgan fingerprint density at radius 1 is 1.18 bits per heavy atom. The first kappa shape index (κ1) is 8.55. The van der Waals surface area contributed by atoms with Crippen molar-refractivity contribution in [3.8, 4) is 0 Å². The summed E-state index contributed by atoms with van der Waals surface area (Å²) in [6.45, 7) is 4.65. The molecule has 0 aliphatic heterocycles. The minimum atomic E-state index is -0.270. The second kappa shape index (κ2) is 3.73. The zero-order chi connectivity index (χ0) is 8.27. The van der Waals surface area contributed by atoms with Crippen molar-refractivity contribution in [1.29, 1.82) is 0 Å². The first-order valence-electron chi connectivity index (χ1n) is 3.81. The van der Waals surface area contributed by atoms with Gasteiger partial charge < -0.3 is 3.88 Å². The van der Waals surface area contributed by atoms with Gasteiger partial charge in [0.05, 0.1) is 0 Å². The minimum absolute atomic E-state index is 0.270. The quantitative estimate of drug-likeness (QED) is 0.570. The van der Waals surface area contributed by atoms with Gasteiger partial charge in [-0.2, -0.15) is 0 Å². The lowest BCUT2D eigenvalue weighted by Gasteiger charge is -1.99. The van der Waals surface area contributed by atoms with Crippen molar-refractivity contribution < 1.29 is 3.88 Å². The Kier molecular flexibility index (Phi) is 2.90. The summed E-state index contributed by atoms with van der Waals surface area (Å²) in [5, 5.41) is 0. The second-order valence-corrected chi connectivity index (χ2v) is 7.20. The lowest BCUT2D eigenvalue weighted by Crippen LogP contribution is -2.08. The molecule has 0 unspecified atom stereocenters. The van der Waals surface area contributed by atoms with E-state index in [1.165, 1.54) is 5.69 Å². The molecule has 0 spiro atoms. The van der Waals surface area contributed by atoms with E-state index in [0.29, 0.717) is 0 Å². The number of para-hydroxylation sites is 1. The van der Waals surface area contributed by atoms with Gasteiger partial charge >= 0.3 is 8.59 Å². The molecule has 1 aromatic carbocycles. The molecule has 1 aromatic rings. The van der Waals surface area contributed by atoms with Gasteiger partial charge in [0.2, 0.25) is 0 Å². The highest BCUT2D eigenvalue weighted by atomic mass is 28.3. The zero-order valence-electron chi connectivity index (χ0n) is 7.33. The van der Waals surface area contributed by atoms with Gasteiger partial charge in [-0.25, -0.2) is 0 Å². The van der Waals surface area contributed by atoms with Gasteiger partial charge in [-0.15, -0.1) is 0 Å². The monoisotopic (exact) mass is 180 g/mol. The SMILES string of the molecule is C[Si](C)=[N+]([SiH3])c1ccccc1. The summed E-state index contributed by atoms with van der Waals surface area (Å²) >= 11 is 0. The van der Waals surface area contributed by atoms with Crippen molar-refractivity contribution in [2.45, 2.75) is 13.1 Å². The van der Waals surface area contributed by atoms with Gasteiger partial charge in [-0.3, -0.25) is 0 Å². The van der Waals surface area contributed by atoms with Gasteiger partial charge in [0, 0.05) is 25.2 Å². The molecule has 58 valence electrons. The fourth-order valence-electron chi connectivity index (χ4n) is 0.910. The predicted molar refractivity (Wildman–Crippen MR) is 53.8 cm³/mol. The van der Waals surface area contributed by atoms with E-state index < -0.39 is 0 Å². The van der Waals surface area contributed by atoms with Crippen molar-refractivity contribution in [3.05, 3.63) is 30.3 Å². The van der Waals surface area contributed by atoms with E-state index in [4.69, 9.17) is 0 Å². The molecule has 0 aliphatic rings. The molecule has 0 N–H and O–H groups in total. The Morgan fingerprint density at radius 3 is 2.18 bits per heavy atom. The maximum Gasteiger partial charge on any atom is 0.313 e. The Bertz CT molecular complexity index is 263. The highest BCUT2D eigenvalue weighted by molar-refractivity contribution is 6.41. The van der Waals surface area contributed by atoms with Crippen molar-refractivity contribution >= 4 is 24.7 Å². The van der Waals surface area contributed by atoms with Gasteiger partial charge in [-0.05, 0) is 0 Å².